The molecule has 2 heterocycles. The van der Waals surface area contributed by atoms with Gasteiger partial charge in [0, 0.05) is 23.7 Å². The van der Waals surface area contributed by atoms with Crippen molar-refractivity contribution in [3.05, 3.63) is 48.2 Å². The summed E-state index contributed by atoms with van der Waals surface area (Å²) in [6.45, 7) is 8.22. The second-order valence-electron chi connectivity index (χ2n) is 7.51. The molecule has 26 heavy (non-hydrogen) atoms. The molecule has 0 bridgehead atoms. The van der Waals surface area contributed by atoms with Crippen molar-refractivity contribution in [2.24, 2.45) is 5.73 Å². The molecule has 3 N–H and O–H groups in total. The molecule has 0 saturated heterocycles. The van der Waals surface area contributed by atoms with Gasteiger partial charge in [-0.05, 0) is 33.8 Å². The normalized spacial score (nSPS) is 11.9. The van der Waals surface area contributed by atoms with Gasteiger partial charge in [-0.3, -0.25) is 4.79 Å². The highest BCUT2D eigenvalue weighted by molar-refractivity contribution is 6.06. The van der Waals surface area contributed by atoms with Gasteiger partial charge in [0.2, 0.25) is 0 Å². The Labute approximate surface area is 153 Å². The number of rotatable bonds is 5. The molecular formula is C20H25N5O. The first-order chi connectivity index (χ1) is 12.3. The predicted molar refractivity (Wildman–Crippen MR) is 104 cm³/mol. The van der Waals surface area contributed by atoms with E-state index in [4.69, 9.17) is 10.7 Å². The lowest BCUT2D eigenvalue weighted by Gasteiger charge is -2.19. The number of hydrogen-bond acceptors (Lipinski definition) is 4. The minimum atomic E-state index is -0.480. The summed E-state index contributed by atoms with van der Waals surface area (Å²) in [5.41, 5.74) is 8.49. The second-order valence-corrected chi connectivity index (χ2v) is 7.51. The van der Waals surface area contributed by atoms with E-state index in [1.165, 1.54) is 0 Å². The summed E-state index contributed by atoms with van der Waals surface area (Å²) >= 11 is 0. The smallest absolute Gasteiger partial charge is 0.252 e. The van der Waals surface area contributed by atoms with Crippen LogP contribution in [0.1, 0.15) is 44.1 Å². The van der Waals surface area contributed by atoms with Gasteiger partial charge in [-0.25, -0.2) is 9.67 Å². The van der Waals surface area contributed by atoms with Crippen LogP contribution in [0.25, 0.3) is 22.3 Å². The van der Waals surface area contributed by atoms with E-state index in [0.717, 1.165) is 16.6 Å². The Morgan fingerprint density at radius 1 is 1.27 bits per heavy atom. The van der Waals surface area contributed by atoms with Gasteiger partial charge in [0.15, 0.2) is 5.65 Å². The molecule has 6 heteroatoms. The zero-order valence-electron chi connectivity index (χ0n) is 15.7. The van der Waals surface area contributed by atoms with E-state index in [1.807, 2.05) is 68.8 Å². The Morgan fingerprint density at radius 2 is 1.96 bits per heavy atom. The predicted octanol–water partition coefficient (Wildman–Crippen LogP) is 3.15. The average molecular weight is 351 g/mol. The fraction of sp³-hybridized carbons (Fsp3) is 0.350. The molecule has 1 aromatic carbocycles. The number of nitrogens with one attached hydrogen (secondary N) is 1. The molecule has 0 fully saturated rings. The van der Waals surface area contributed by atoms with Crippen molar-refractivity contribution in [3.63, 3.8) is 0 Å². The number of nitrogens with zero attached hydrogens (tertiary/aromatic N) is 3. The highest BCUT2D eigenvalue weighted by Gasteiger charge is 2.20. The molecule has 0 aliphatic carbocycles. The van der Waals surface area contributed by atoms with Gasteiger partial charge < -0.3 is 11.1 Å². The first kappa shape index (κ1) is 18.1. The number of carbonyl (C=O) groups excluding carboxylic acids is 1. The van der Waals surface area contributed by atoms with Crippen LogP contribution in [0.5, 0.6) is 0 Å². The first-order valence-electron chi connectivity index (χ1n) is 8.77. The van der Waals surface area contributed by atoms with E-state index in [2.05, 4.69) is 10.4 Å². The monoisotopic (exact) mass is 351 g/mol. The molecule has 0 aliphatic rings. The van der Waals surface area contributed by atoms with Crippen LogP contribution < -0.4 is 11.1 Å². The molecule has 0 atom stereocenters. The van der Waals surface area contributed by atoms with Crippen LogP contribution in [0, 0.1) is 0 Å². The van der Waals surface area contributed by atoms with E-state index in [-0.39, 0.29) is 11.9 Å². The lowest BCUT2D eigenvalue weighted by atomic mass is 10.0. The summed E-state index contributed by atoms with van der Waals surface area (Å²) in [4.78, 5) is 17.6. The Hall–Kier alpha value is -2.73. The van der Waals surface area contributed by atoms with Crippen LogP contribution in [0.4, 0.5) is 0 Å². The SMILES string of the molecule is CC(C)n1ncc2c(C(=O)NCC(C)(C)N)cc(-c3ccccc3)nc21. The van der Waals surface area contributed by atoms with Crippen molar-refractivity contribution in [1.82, 2.24) is 20.1 Å². The van der Waals surface area contributed by atoms with Gasteiger partial charge in [0.05, 0.1) is 22.8 Å². The lowest BCUT2D eigenvalue weighted by Crippen LogP contribution is -2.45. The second kappa shape index (κ2) is 6.88. The number of hydrogen-bond donors (Lipinski definition) is 2. The van der Waals surface area contributed by atoms with Gasteiger partial charge in [0.1, 0.15) is 0 Å². The molecule has 136 valence electrons. The van der Waals surface area contributed by atoms with Crippen molar-refractivity contribution in [3.8, 4) is 11.3 Å². The summed E-state index contributed by atoms with van der Waals surface area (Å²) in [5, 5.41) is 8.09. The molecule has 3 rings (SSSR count). The lowest BCUT2D eigenvalue weighted by molar-refractivity contribution is 0.0947. The Morgan fingerprint density at radius 3 is 2.58 bits per heavy atom. The fourth-order valence-corrected chi connectivity index (χ4v) is 2.74. The van der Waals surface area contributed by atoms with Gasteiger partial charge in [-0.15, -0.1) is 0 Å². The largest absolute Gasteiger partial charge is 0.350 e. The Balaban J connectivity index is 2.13. The molecule has 2 aromatic heterocycles. The molecular weight excluding hydrogens is 326 g/mol. The molecule has 1 amide bonds. The molecule has 0 saturated carbocycles. The molecule has 0 aliphatic heterocycles. The van der Waals surface area contributed by atoms with E-state index >= 15 is 0 Å². The van der Waals surface area contributed by atoms with Crippen molar-refractivity contribution in [2.45, 2.75) is 39.3 Å². The zero-order valence-corrected chi connectivity index (χ0v) is 15.7. The van der Waals surface area contributed by atoms with Gasteiger partial charge in [0.25, 0.3) is 5.91 Å². The van der Waals surface area contributed by atoms with Crippen LogP contribution in [0.3, 0.4) is 0 Å². The van der Waals surface area contributed by atoms with Crippen molar-refractivity contribution in [1.29, 1.82) is 0 Å². The van der Waals surface area contributed by atoms with E-state index < -0.39 is 5.54 Å². The van der Waals surface area contributed by atoms with E-state index in [0.29, 0.717) is 17.8 Å². The van der Waals surface area contributed by atoms with E-state index in [9.17, 15) is 4.79 Å². The number of aromatic nitrogens is 3. The van der Waals surface area contributed by atoms with Gasteiger partial charge in [-0.1, -0.05) is 30.3 Å². The summed E-state index contributed by atoms with van der Waals surface area (Å²) in [7, 11) is 0. The van der Waals surface area contributed by atoms with Crippen LogP contribution in [0.2, 0.25) is 0 Å². The first-order valence-corrected chi connectivity index (χ1v) is 8.77. The van der Waals surface area contributed by atoms with Crippen molar-refractivity contribution < 1.29 is 4.79 Å². The third-order valence-corrected chi connectivity index (χ3v) is 4.07. The maximum atomic E-state index is 12.8. The number of carbonyl (C=O) groups is 1. The number of fused-ring (bicyclic) bond motifs is 1. The molecule has 0 radical (unpaired) electrons. The minimum absolute atomic E-state index is 0.143. The standard InChI is InChI=1S/C20H25N5O/c1-13(2)25-18-16(11-23-25)15(19(26)22-12-20(3,4)21)10-17(24-18)14-8-6-5-7-9-14/h5-11,13H,12,21H2,1-4H3,(H,22,26). The summed E-state index contributed by atoms with van der Waals surface area (Å²) in [6, 6.07) is 11.8. The Bertz CT molecular complexity index is 923. The maximum Gasteiger partial charge on any atom is 0.252 e. The number of amides is 1. The highest BCUT2D eigenvalue weighted by Crippen LogP contribution is 2.26. The molecule has 0 unspecified atom stereocenters. The highest BCUT2D eigenvalue weighted by atomic mass is 16.1. The third-order valence-electron chi connectivity index (χ3n) is 4.07. The summed E-state index contributed by atoms with van der Waals surface area (Å²) in [5.74, 6) is -0.170. The van der Waals surface area contributed by atoms with Gasteiger partial charge >= 0.3 is 0 Å². The van der Waals surface area contributed by atoms with Crippen molar-refractivity contribution >= 4 is 16.9 Å². The van der Waals surface area contributed by atoms with E-state index in [1.54, 1.807) is 6.20 Å². The van der Waals surface area contributed by atoms with Crippen molar-refractivity contribution in [2.75, 3.05) is 6.54 Å². The quantitative estimate of drug-likeness (QED) is 0.739. The Kier molecular flexibility index (Phi) is 4.78. The van der Waals surface area contributed by atoms with Crippen LogP contribution in [-0.2, 0) is 0 Å². The minimum Gasteiger partial charge on any atom is -0.350 e. The topological polar surface area (TPSA) is 85.8 Å². The molecule has 3 aromatic rings. The number of pyridine rings is 1. The summed E-state index contributed by atoms with van der Waals surface area (Å²) < 4.78 is 1.84. The van der Waals surface area contributed by atoms with Crippen LogP contribution in [0.15, 0.2) is 42.6 Å². The molecule has 0 spiro atoms. The van der Waals surface area contributed by atoms with Crippen LogP contribution >= 0.6 is 0 Å². The summed E-state index contributed by atoms with van der Waals surface area (Å²) in [6.07, 6.45) is 1.71. The third kappa shape index (κ3) is 3.75. The maximum absolute atomic E-state index is 12.8. The number of benzene rings is 1. The van der Waals surface area contributed by atoms with Crippen LogP contribution in [-0.4, -0.2) is 32.8 Å². The average Bonchev–Trinajstić information content (AvgIpc) is 3.03. The zero-order chi connectivity index (χ0) is 18.9. The fourth-order valence-electron chi connectivity index (χ4n) is 2.74. The molecule has 6 nitrogen and oxygen atoms in total. The number of nitrogens with two attached hydrogens (primary N) is 1. The van der Waals surface area contributed by atoms with Gasteiger partial charge in [-0.2, -0.15) is 5.10 Å².